The Balaban J connectivity index is 2.42. The van der Waals surface area contributed by atoms with E-state index in [0.29, 0.717) is 13.0 Å². The average molecular weight is 148 g/mol. The van der Waals surface area contributed by atoms with Gasteiger partial charge in [-0.05, 0) is 6.42 Å². The first kappa shape index (κ1) is 7.94. The summed E-state index contributed by atoms with van der Waals surface area (Å²) in [5, 5.41) is 18.1. The number of hydrogen-bond donors (Lipinski definition) is 2. The lowest BCUT2D eigenvalue weighted by Gasteiger charge is -2.30. The lowest BCUT2D eigenvalue weighted by atomic mass is 10.1. The third-order valence-corrected chi connectivity index (χ3v) is 1.67. The molecule has 3 atom stereocenters. The van der Waals surface area contributed by atoms with Gasteiger partial charge in [-0.15, -0.1) is 0 Å². The minimum Gasteiger partial charge on any atom is -0.385 e. The van der Waals surface area contributed by atoms with Crippen LogP contribution in [0, 0.1) is 0 Å². The van der Waals surface area contributed by atoms with Gasteiger partial charge in [-0.25, -0.2) is 0 Å². The number of hydrogen-bond acceptors (Lipinski definition) is 4. The summed E-state index contributed by atoms with van der Waals surface area (Å²) < 4.78 is 9.63. The summed E-state index contributed by atoms with van der Waals surface area (Å²) in [4.78, 5) is 0. The highest BCUT2D eigenvalue weighted by atomic mass is 16.6. The van der Waals surface area contributed by atoms with Crippen molar-refractivity contribution in [2.24, 2.45) is 0 Å². The SMILES string of the molecule is CO[C@@H]1CCO[C@@H](O)[C@H]1O. The van der Waals surface area contributed by atoms with Gasteiger partial charge in [0.15, 0.2) is 6.29 Å². The van der Waals surface area contributed by atoms with Crippen LogP contribution in [0.4, 0.5) is 0 Å². The fraction of sp³-hybridized carbons (Fsp3) is 1.00. The second kappa shape index (κ2) is 3.30. The highest BCUT2D eigenvalue weighted by molar-refractivity contribution is 4.75. The molecule has 0 aromatic rings. The topological polar surface area (TPSA) is 58.9 Å². The van der Waals surface area contributed by atoms with Crippen molar-refractivity contribution in [2.75, 3.05) is 13.7 Å². The molecule has 1 aliphatic rings. The molecule has 0 aromatic carbocycles. The highest BCUT2D eigenvalue weighted by Crippen LogP contribution is 2.14. The Morgan fingerprint density at radius 3 is 2.70 bits per heavy atom. The molecule has 0 amide bonds. The Labute approximate surface area is 59.4 Å². The van der Waals surface area contributed by atoms with E-state index in [1.54, 1.807) is 0 Å². The Hall–Kier alpha value is -0.160. The van der Waals surface area contributed by atoms with Crippen LogP contribution in [0.15, 0.2) is 0 Å². The molecule has 1 aliphatic heterocycles. The molecule has 1 saturated heterocycles. The van der Waals surface area contributed by atoms with Crippen molar-refractivity contribution < 1.29 is 19.7 Å². The normalized spacial score (nSPS) is 41.7. The van der Waals surface area contributed by atoms with Crippen molar-refractivity contribution in [3.63, 3.8) is 0 Å². The van der Waals surface area contributed by atoms with E-state index < -0.39 is 12.4 Å². The fourth-order valence-corrected chi connectivity index (χ4v) is 1.02. The van der Waals surface area contributed by atoms with Crippen LogP contribution in [0.3, 0.4) is 0 Å². The van der Waals surface area contributed by atoms with Gasteiger partial charge in [-0.3, -0.25) is 0 Å². The molecule has 0 radical (unpaired) electrons. The van der Waals surface area contributed by atoms with E-state index in [4.69, 9.17) is 19.7 Å². The van der Waals surface area contributed by atoms with E-state index in [1.165, 1.54) is 7.11 Å². The molecule has 10 heavy (non-hydrogen) atoms. The molecule has 0 aliphatic carbocycles. The van der Waals surface area contributed by atoms with Crippen LogP contribution in [0.5, 0.6) is 0 Å². The molecule has 0 saturated carbocycles. The maximum absolute atomic E-state index is 9.14. The molecule has 0 aromatic heterocycles. The zero-order valence-electron chi connectivity index (χ0n) is 5.86. The third-order valence-electron chi connectivity index (χ3n) is 1.67. The zero-order chi connectivity index (χ0) is 7.56. The van der Waals surface area contributed by atoms with Crippen LogP contribution in [0.2, 0.25) is 0 Å². The van der Waals surface area contributed by atoms with Crippen LogP contribution >= 0.6 is 0 Å². The second-order valence-corrected chi connectivity index (χ2v) is 2.31. The largest absolute Gasteiger partial charge is 0.385 e. The molecular weight excluding hydrogens is 136 g/mol. The molecule has 60 valence electrons. The lowest BCUT2D eigenvalue weighted by Crippen LogP contribution is -2.45. The first-order valence-electron chi connectivity index (χ1n) is 3.26. The van der Waals surface area contributed by atoms with E-state index >= 15 is 0 Å². The van der Waals surface area contributed by atoms with Crippen molar-refractivity contribution in [3.8, 4) is 0 Å². The monoisotopic (exact) mass is 148 g/mol. The molecule has 4 nitrogen and oxygen atoms in total. The number of aliphatic hydroxyl groups is 2. The van der Waals surface area contributed by atoms with Crippen LogP contribution in [0.25, 0.3) is 0 Å². The number of rotatable bonds is 1. The van der Waals surface area contributed by atoms with Crippen molar-refractivity contribution in [2.45, 2.75) is 24.9 Å². The van der Waals surface area contributed by atoms with Crippen molar-refractivity contribution in [1.82, 2.24) is 0 Å². The van der Waals surface area contributed by atoms with Gasteiger partial charge in [0.2, 0.25) is 0 Å². The fourth-order valence-electron chi connectivity index (χ4n) is 1.02. The minimum atomic E-state index is -1.08. The van der Waals surface area contributed by atoms with Gasteiger partial charge in [0, 0.05) is 7.11 Å². The van der Waals surface area contributed by atoms with Crippen molar-refractivity contribution in [1.29, 1.82) is 0 Å². The number of methoxy groups -OCH3 is 1. The summed E-state index contributed by atoms with van der Waals surface area (Å²) in [6, 6.07) is 0. The predicted molar refractivity (Wildman–Crippen MR) is 33.4 cm³/mol. The highest BCUT2D eigenvalue weighted by Gasteiger charge is 2.30. The number of aliphatic hydroxyl groups excluding tert-OH is 2. The van der Waals surface area contributed by atoms with E-state index in [-0.39, 0.29) is 6.10 Å². The Morgan fingerprint density at radius 2 is 2.20 bits per heavy atom. The molecule has 0 bridgehead atoms. The smallest absolute Gasteiger partial charge is 0.183 e. The van der Waals surface area contributed by atoms with E-state index in [0.717, 1.165) is 0 Å². The van der Waals surface area contributed by atoms with Gasteiger partial charge in [0.25, 0.3) is 0 Å². The van der Waals surface area contributed by atoms with Crippen LogP contribution < -0.4 is 0 Å². The van der Waals surface area contributed by atoms with E-state index in [1.807, 2.05) is 0 Å². The first-order chi connectivity index (χ1) is 4.75. The van der Waals surface area contributed by atoms with Gasteiger partial charge in [-0.1, -0.05) is 0 Å². The summed E-state index contributed by atoms with van der Waals surface area (Å²) >= 11 is 0. The molecular formula is C6H12O4. The van der Waals surface area contributed by atoms with Crippen molar-refractivity contribution >= 4 is 0 Å². The molecule has 1 heterocycles. The Bertz CT molecular complexity index is 106. The summed E-state index contributed by atoms with van der Waals surface area (Å²) in [5.74, 6) is 0. The van der Waals surface area contributed by atoms with Crippen molar-refractivity contribution in [3.05, 3.63) is 0 Å². The molecule has 2 N–H and O–H groups in total. The van der Waals surface area contributed by atoms with Gasteiger partial charge in [-0.2, -0.15) is 0 Å². The molecule has 0 unspecified atom stereocenters. The summed E-state index contributed by atoms with van der Waals surface area (Å²) in [7, 11) is 1.51. The number of ether oxygens (including phenoxy) is 2. The first-order valence-corrected chi connectivity index (χ1v) is 3.26. The van der Waals surface area contributed by atoms with Gasteiger partial charge in [0.1, 0.15) is 6.10 Å². The minimum absolute atomic E-state index is 0.288. The second-order valence-electron chi connectivity index (χ2n) is 2.31. The molecule has 1 fully saturated rings. The Morgan fingerprint density at radius 1 is 1.50 bits per heavy atom. The predicted octanol–water partition coefficient (Wildman–Crippen LogP) is -0.899. The molecule has 1 rings (SSSR count). The van der Waals surface area contributed by atoms with E-state index in [9.17, 15) is 0 Å². The quantitative estimate of drug-likeness (QED) is 0.506. The van der Waals surface area contributed by atoms with Crippen LogP contribution in [0.1, 0.15) is 6.42 Å². The van der Waals surface area contributed by atoms with Gasteiger partial charge >= 0.3 is 0 Å². The summed E-state index contributed by atoms with van der Waals surface area (Å²) in [6.07, 6.45) is -1.64. The van der Waals surface area contributed by atoms with Crippen LogP contribution in [-0.4, -0.2) is 42.4 Å². The van der Waals surface area contributed by atoms with Gasteiger partial charge < -0.3 is 19.7 Å². The van der Waals surface area contributed by atoms with E-state index in [2.05, 4.69) is 0 Å². The third kappa shape index (κ3) is 1.46. The standard InChI is InChI=1S/C6H12O4/c1-9-4-2-3-10-6(8)5(4)7/h4-8H,2-3H2,1H3/t4-,5+,6-/m1/s1. The summed E-state index contributed by atoms with van der Waals surface area (Å²) in [6.45, 7) is 0.441. The maximum atomic E-state index is 9.14. The average Bonchev–Trinajstić information content (AvgIpc) is 1.95. The van der Waals surface area contributed by atoms with Gasteiger partial charge in [0.05, 0.1) is 12.7 Å². The van der Waals surface area contributed by atoms with Crippen LogP contribution in [-0.2, 0) is 9.47 Å². The summed E-state index contributed by atoms with van der Waals surface area (Å²) in [5.41, 5.74) is 0. The lowest BCUT2D eigenvalue weighted by molar-refractivity contribution is -0.224. The zero-order valence-corrected chi connectivity index (χ0v) is 5.86. The molecule has 0 spiro atoms. The maximum Gasteiger partial charge on any atom is 0.183 e. The Kier molecular flexibility index (Phi) is 2.62. The molecule has 4 heteroatoms.